The van der Waals surface area contributed by atoms with Crippen molar-refractivity contribution in [1.82, 2.24) is 0 Å². The van der Waals surface area contributed by atoms with Crippen molar-refractivity contribution in [2.75, 3.05) is 4.72 Å². The molecule has 2 aromatic rings. The van der Waals surface area contributed by atoms with Gasteiger partial charge in [0.15, 0.2) is 0 Å². The number of nitrogens with one attached hydrogen (secondary N) is 1. The lowest BCUT2D eigenvalue weighted by Crippen LogP contribution is -2.12. The Morgan fingerprint density at radius 2 is 1.72 bits per heavy atom. The summed E-state index contributed by atoms with van der Waals surface area (Å²) in [5.41, 5.74) is 0.235. The molecule has 18 heavy (non-hydrogen) atoms. The number of rotatable bonds is 3. The van der Waals surface area contributed by atoms with Crippen molar-refractivity contribution in [3.8, 4) is 5.75 Å². The highest BCUT2D eigenvalue weighted by Gasteiger charge is 2.14. The van der Waals surface area contributed by atoms with Crippen LogP contribution in [-0.2, 0) is 10.0 Å². The van der Waals surface area contributed by atoms with Crippen molar-refractivity contribution in [1.29, 1.82) is 0 Å². The summed E-state index contributed by atoms with van der Waals surface area (Å²) in [7, 11) is -3.77. The molecular formula is C12H10FNO3S. The van der Waals surface area contributed by atoms with Gasteiger partial charge in [0.1, 0.15) is 11.6 Å². The summed E-state index contributed by atoms with van der Waals surface area (Å²) in [5.74, 6) is -0.555. The van der Waals surface area contributed by atoms with Gasteiger partial charge < -0.3 is 5.11 Å². The zero-order valence-corrected chi connectivity index (χ0v) is 9.99. The fraction of sp³-hybridized carbons (Fsp3) is 0. The Labute approximate surface area is 104 Å². The van der Waals surface area contributed by atoms with E-state index in [-0.39, 0.29) is 16.3 Å². The second kappa shape index (κ2) is 4.66. The van der Waals surface area contributed by atoms with E-state index < -0.39 is 15.8 Å². The van der Waals surface area contributed by atoms with Gasteiger partial charge in [-0.2, -0.15) is 0 Å². The Balaban J connectivity index is 2.30. The van der Waals surface area contributed by atoms with Gasteiger partial charge in [-0.1, -0.05) is 6.07 Å². The largest absolute Gasteiger partial charge is 0.508 e. The van der Waals surface area contributed by atoms with E-state index in [1.807, 2.05) is 0 Å². The first-order valence-corrected chi connectivity index (χ1v) is 6.53. The Hall–Kier alpha value is -2.08. The molecular weight excluding hydrogens is 257 g/mol. The summed E-state index contributed by atoms with van der Waals surface area (Å²) >= 11 is 0. The second-order valence-electron chi connectivity index (χ2n) is 3.61. The van der Waals surface area contributed by atoms with Crippen LogP contribution in [0.1, 0.15) is 0 Å². The summed E-state index contributed by atoms with van der Waals surface area (Å²) in [6.07, 6.45) is 0. The summed E-state index contributed by atoms with van der Waals surface area (Å²) in [6, 6.07) is 10.2. The number of phenolic OH excluding ortho intramolecular Hbond substituents is 1. The molecule has 0 unspecified atom stereocenters. The molecule has 0 aliphatic rings. The number of anilines is 1. The van der Waals surface area contributed by atoms with E-state index in [1.165, 1.54) is 36.4 Å². The van der Waals surface area contributed by atoms with Gasteiger partial charge in [0.2, 0.25) is 0 Å². The predicted molar refractivity (Wildman–Crippen MR) is 65.3 cm³/mol. The highest BCUT2D eigenvalue weighted by Crippen LogP contribution is 2.19. The van der Waals surface area contributed by atoms with Crippen LogP contribution in [0.4, 0.5) is 10.1 Å². The van der Waals surface area contributed by atoms with Crippen LogP contribution in [0, 0.1) is 5.82 Å². The lowest BCUT2D eigenvalue weighted by atomic mass is 10.3. The molecule has 4 nitrogen and oxygen atoms in total. The Kier molecular flexibility index (Phi) is 3.20. The summed E-state index contributed by atoms with van der Waals surface area (Å²) in [6.45, 7) is 0. The number of halogens is 1. The lowest BCUT2D eigenvalue weighted by Gasteiger charge is -2.08. The van der Waals surface area contributed by atoms with Crippen molar-refractivity contribution in [3.05, 3.63) is 54.3 Å². The molecule has 2 rings (SSSR count). The number of hydrogen-bond donors (Lipinski definition) is 2. The third-order valence-corrected chi connectivity index (χ3v) is 3.62. The minimum absolute atomic E-state index is 0.0469. The molecule has 0 amide bonds. The zero-order valence-electron chi connectivity index (χ0n) is 9.17. The van der Waals surface area contributed by atoms with Crippen LogP contribution in [0.15, 0.2) is 53.4 Å². The molecule has 0 saturated carbocycles. The average Bonchev–Trinajstić information content (AvgIpc) is 2.29. The van der Waals surface area contributed by atoms with E-state index >= 15 is 0 Å². The first-order valence-electron chi connectivity index (χ1n) is 5.05. The fourth-order valence-electron chi connectivity index (χ4n) is 1.40. The molecule has 0 fully saturated rings. The highest BCUT2D eigenvalue weighted by molar-refractivity contribution is 7.92. The summed E-state index contributed by atoms with van der Waals surface area (Å²) in [5, 5.41) is 9.23. The first kappa shape index (κ1) is 12.4. The summed E-state index contributed by atoms with van der Waals surface area (Å²) in [4.78, 5) is -0.0488. The molecule has 94 valence electrons. The SMILES string of the molecule is O=S(=O)(Nc1cccc(O)c1)c1ccc(F)cc1. The van der Waals surface area contributed by atoms with Crippen molar-refractivity contribution < 1.29 is 17.9 Å². The normalized spacial score (nSPS) is 11.2. The van der Waals surface area contributed by atoms with Crippen molar-refractivity contribution >= 4 is 15.7 Å². The first-order chi connectivity index (χ1) is 8.47. The number of hydrogen-bond acceptors (Lipinski definition) is 3. The molecule has 0 bridgehead atoms. The quantitative estimate of drug-likeness (QED) is 0.897. The van der Waals surface area contributed by atoms with Crippen LogP contribution >= 0.6 is 0 Å². The minimum atomic E-state index is -3.77. The van der Waals surface area contributed by atoms with Crippen LogP contribution in [0.3, 0.4) is 0 Å². The van der Waals surface area contributed by atoms with Gasteiger partial charge in [-0.3, -0.25) is 4.72 Å². The van der Waals surface area contributed by atoms with Crippen LogP contribution in [-0.4, -0.2) is 13.5 Å². The fourth-order valence-corrected chi connectivity index (χ4v) is 2.45. The number of phenols is 1. The topological polar surface area (TPSA) is 66.4 Å². The maximum Gasteiger partial charge on any atom is 0.261 e. The Morgan fingerprint density at radius 3 is 2.33 bits per heavy atom. The highest BCUT2D eigenvalue weighted by atomic mass is 32.2. The van der Waals surface area contributed by atoms with Gasteiger partial charge in [0, 0.05) is 6.07 Å². The molecule has 0 aliphatic carbocycles. The van der Waals surface area contributed by atoms with Crippen molar-refractivity contribution in [2.45, 2.75) is 4.90 Å². The van der Waals surface area contributed by atoms with Gasteiger partial charge in [-0.05, 0) is 36.4 Å². The monoisotopic (exact) mass is 267 g/mol. The molecule has 0 heterocycles. The maximum absolute atomic E-state index is 12.7. The number of aromatic hydroxyl groups is 1. The number of benzene rings is 2. The van der Waals surface area contributed by atoms with Gasteiger partial charge in [-0.15, -0.1) is 0 Å². The third kappa shape index (κ3) is 2.78. The van der Waals surface area contributed by atoms with E-state index in [4.69, 9.17) is 0 Å². The van der Waals surface area contributed by atoms with Crippen molar-refractivity contribution in [2.24, 2.45) is 0 Å². The van der Waals surface area contributed by atoms with Crippen LogP contribution < -0.4 is 4.72 Å². The Bertz CT molecular complexity index is 653. The van der Waals surface area contributed by atoms with E-state index in [0.717, 1.165) is 12.1 Å². The van der Waals surface area contributed by atoms with E-state index in [9.17, 15) is 17.9 Å². The smallest absolute Gasteiger partial charge is 0.261 e. The summed E-state index contributed by atoms with van der Waals surface area (Å²) < 4.78 is 38.8. The van der Waals surface area contributed by atoms with Crippen LogP contribution in [0.2, 0.25) is 0 Å². The van der Waals surface area contributed by atoms with Crippen molar-refractivity contribution in [3.63, 3.8) is 0 Å². The Morgan fingerprint density at radius 1 is 1.06 bits per heavy atom. The lowest BCUT2D eigenvalue weighted by molar-refractivity contribution is 0.475. The van der Waals surface area contributed by atoms with Crippen LogP contribution in [0.5, 0.6) is 5.75 Å². The second-order valence-corrected chi connectivity index (χ2v) is 5.29. The molecule has 0 atom stereocenters. The molecule has 0 aromatic heterocycles. The molecule has 0 aliphatic heterocycles. The molecule has 2 N–H and O–H groups in total. The molecule has 0 saturated heterocycles. The molecule has 0 spiro atoms. The number of sulfonamides is 1. The van der Waals surface area contributed by atoms with Gasteiger partial charge in [-0.25, -0.2) is 12.8 Å². The van der Waals surface area contributed by atoms with Crippen LogP contribution in [0.25, 0.3) is 0 Å². The van der Waals surface area contributed by atoms with E-state index in [1.54, 1.807) is 0 Å². The zero-order chi connectivity index (χ0) is 13.2. The van der Waals surface area contributed by atoms with Gasteiger partial charge in [0.25, 0.3) is 10.0 Å². The maximum atomic E-state index is 12.7. The predicted octanol–water partition coefficient (Wildman–Crippen LogP) is 2.33. The molecule has 6 heteroatoms. The van der Waals surface area contributed by atoms with E-state index in [2.05, 4.69) is 4.72 Å². The molecule has 2 aromatic carbocycles. The minimum Gasteiger partial charge on any atom is -0.508 e. The standard InChI is InChI=1S/C12H10FNO3S/c13-9-4-6-12(7-5-9)18(16,17)14-10-2-1-3-11(15)8-10/h1-8,14-15H. The molecule has 0 radical (unpaired) electrons. The average molecular weight is 267 g/mol. The van der Waals surface area contributed by atoms with Gasteiger partial charge in [0.05, 0.1) is 10.6 Å². The van der Waals surface area contributed by atoms with Gasteiger partial charge >= 0.3 is 0 Å². The van der Waals surface area contributed by atoms with E-state index in [0.29, 0.717) is 0 Å². The third-order valence-electron chi connectivity index (χ3n) is 2.22.